The molecule has 8 nitrogen and oxygen atoms in total. The highest BCUT2D eigenvalue weighted by Gasteiger charge is 2.25. The van der Waals surface area contributed by atoms with Crippen LogP contribution in [0.1, 0.15) is 28.9 Å². The molecule has 0 saturated carbocycles. The van der Waals surface area contributed by atoms with E-state index in [0.29, 0.717) is 37.2 Å². The third-order valence-corrected chi connectivity index (χ3v) is 3.47. The van der Waals surface area contributed by atoms with Crippen LogP contribution in [0.5, 0.6) is 0 Å². The van der Waals surface area contributed by atoms with Crippen molar-refractivity contribution in [1.29, 1.82) is 5.41 Å². The Hall–Kier alpha value is -2.48. The summed E-state index contributed by atoms with van der Waals surface area (Å²) in [4.78, 5) is 28.4. The van der Waals surface area contributed by atoms with Crippen molar-refractivity contribution in [2.24, 2.45) is 5.73 Å². The Bertz CT molecular complexity index is 565. The lowest BCUT2D eigenvalue weighted by Gasteiger charge is -2.31. The van der Waals surface area contributed by atoms with Crippen LogP contribution in [0.3, 0.4) is 0 Å². The Morgan fingerprint density at radius 3 is 2.59 bits per heavy atom. The summed E-state index contributed by atoms with van der Waals surface area (Å²) >= 11 is 0. The summed E-state index contributed by atoms with van der Waals surface area (Å²) in [6.07, 6.45) is 2.47. The number of nitrogens with two attached hydrogens (primary N) is 1. The summed E-state index contributed by atoms with van der Waals surface area (Å²) in [5.74, 6) is -1.28. The minimum Gasteiger partial charge on any atom is -0.480 e. The molecule has 0 aliphatic carbocycles. The first kappa shape index (κ1) is 15.9. The van der Waals surface area contributed by atoms with Gasteiger partial charge in [0.05, 0.1) is 6.10 Å². The van der Waals surface area contributed by atoms with Gasteiger partial charge in [-0.25, -0.2) is 4.79 Å². The van der Waals surface area contributed by atoms with Crippen LogP contribution in [0.2, 0.25) is 0 Å². The van der Waals surface area contributed by atoms with E-state index in [0.717, 1.165) is 0 Å². The molecule has 0 atom stereocenters. The van der Waals surface area contributed by atoms with Crippen LogP contribution in [-0.2, 0) is 9.53 Å². The zero-order valence-electron chi connectivity index (χ0n) is 12.0. The number of aliphatic carboxylic acids is 1. The number of piperidine rings is 1. The second-order valence-corrected chi connectivity index (χ2v) is 5.04. The average molecular weight is 306 g/mol. The Kier molecular flexibility index (Phi) is 5.05. The summed E-state index contributed by atoms with van der Waals surface area (Å²) in [5.41, 5.74) is 6.11. The van der Waals surface area contributed by atoms with E-state index < -0.39 is 5.97 Å². The second-order valence-electron chi connectivity index (χ2n) is 5.04. The number of carbonyl (C=O) groups excluding carboxylic acids is 1. The number of ether oxygens (including phenoxy) is 1. The SMILES string of the molecule is N=C(N)c1ccc(C(=O)N2CCC(OCC(=O)O)CC2)nc1. The number of likely N-dealkylation sites (tertiary alicyclic amines) is 1. The summed E-state index contributed by atoms with van der Waals surface area (Å²) < 4.78 is 5.23. The molecule has 0 spiro atoms. The van der Waals surface area contributed by atoms with Gasteiger partial charge in [0.25, 0.3) is 5.91 Å². The molecule has 0 bridgehead atoms. The van der Waals surface area contributed by atoms with Gasteiger partial charge in [0, 0.05) is 24.8 Å². The van der Waals surface area contributed by atoms with E-state index in [1.54, 1.807) is 17.0 Å². The lowest BCUT2D eigenvalue weighted by molar-refractivity contribution is -0.145. The number of aromatic nitrogens is 1. The number of nitrogen functional groups attached to an aromatic ring is 1. The highest BCUT2D eigenvalue weighted by atomic mass is 16.5. The number of carboxylic acid groups (broad SMARTS) is 1. The number of amides is 1. The number of carboxylic acids is 1. The maximum atomic E-state index is 12.3. The highest BCUT2D eigenvalue weighted by molar-refractivity contribution is 5.96. The van der Waals surface area contributed by atoms with Gasteiger partial charge in [-0.1, -0.05) is 0 Å². The summed E-state index contributed by atoms with van der Waals surface area (Å²) in [6.45, 7) is 0.686. The van der Waals surface area contributed by atoms with Crippen LogP contribution in [0, 0.1) is 5.41 Å². The molecule has 0 aromatic carbocycles. The molecule has 118 valence electrons. The Morgan fingerprint density at radius 2 is 2.09 bits per heavy atom. The minimum absolute atomic E-state index is 0.0945. The maximum absolute atomic E-state index is 12.3. The predicted molar refractivity (Wildman–Crippen MR) is 77.8 cm³/mol. The van der Waals surface area contributed by atoms with Gasteiger partial charge in [0.15, 0.2) is 0 Å². The number of carbonyl (C=O) groups is 2. The first-order chi connectivity index (χ1) is 10.5. The Morgan fingerprint density at radius 1 is 1.41 bits per heavy atom. The fourth-order valence-electron chi connectivity index (χ4n) is 2.26. The number of amidine groups is 1. The largest absolute Gasteiger partial charge is 0.480 e. The number of hydrogen-bond donors (Lipinski definition) is 3. The van der Waals surface area contributed by atoms with E-state index in [1.807, 2.05) is 0 Å². The van der Waals surface area contributed by atoms with Crippen molar-refractivity contribution < 1.29 is 19.4 Å². The van der Waals surface area contributed by atoms with Crippen LogP contribution in [-0.4, -0.2) is 58.5 Å². The van der Waals surface area contributed by atoms with Gasteiger partial charge in [0.1, 0.15) is 18.1 Å². The number of pyridine rings is 1. The molecule has 8 heteroatoms. The molecule has 1 aliphatic heterocycles. The van der Waals surface area contributed by atoms with Crippen LogP contribution >= 0.6 is 0 Å². The van der Waals surface area contributed by atoms with E-state index in [1.165, 1.54) is 6.20 Å². The Labute approximate surface area is 127 Å². The van der Waals surface area contributed by atoms with Gasteiger partial charge < -0.3 is 20.5 Å². The van der Waals surface area contributed by atoms with Crippen molar-refractivity contribution in [1.82, 2.24) is 9.88 Å². The maximum Gasteiger partial charge on any atom is 0.329 e. The zero-order chi connectivity index (χ0) is 16.1. The molecule has 2 rings (SSSR count). The molecule has 0 radical (unpaired) electrons. The molecule has 2 heterocycles. The van der Waals surface area contributed by atoms with Gasteiger partial charge in [-0.3, -0.25) is 15.2 Å². The molecule has 1 amide bonds. The van der Waals surface area contributed by atoms with Crippen molar-refractivity contribution >= 4 is 17.7 Å². The normalized spacial score (nSPS) is 15.5. The van der Waals surface area contributed by atoms with E-state index in [-0.39, 0.29) is 24.5 Å². The first-order valence-electron chi connectivity index (χ1n) is 6.90. The van der Waals surface area contributed by atoms with Gasteiger partial charge in [0.2, 0.25) is 0 Å². The average Bonchev–Trinajstić information content (AvgIpc) is 2.53. The minimum atomic E-state index is -0.992. The van der Waals surface area contributed by atoms with Crippen LogP contribution in [0.4, 0.5) is 0 Å². The summed E-state index contributed by atoms with van der Waals surface area (Å²) in [5, 5.41) is 15.9. The van der Waals surface area contributed by atoms with E-state index in [9.17, 15) is 9.59 Å². The number of rotatable bonds is 5. The molecule has 4 N–H and O–H groups in total. The third-order valence-electron chi connectivity index (χ3n) is 3.47. The standard InChI is InChI=1S/C14H18N4O4/c15-13(16)9-1-2-11(17-7-9)14(21)18-5-3-10(4-6-18)22-8-12(19)20/h1-2,7,10H,3-6,8H2,(H3,15,16)(H,19,20). The molecular weight excluding hydrogens is 288 g/mol. The topological polar surface area (TPSA) is 130 Å². The monoisotopic (exact) mass is 306 g/mol. The van der Waals surface area contributed by atoms with Gasteiger partial charge in [-0.2, -0.15) is 0 Å². The van der Waals surface area contributed by atoms with E-state index in [4.69, 9.17) is 21.0 Å². The fraction of sp³-hybridized carbons (Fsp3) is 0.429. The van der Waals surface area contributed by atoms with Crippen LogP contribution in [0.15, 0.2) is 18.3 Å². The van der Waals surface area contributed by atoms with Gasteiger partial charge in [-0.15, -0.1) is 0 Å². The van der Waals surface area contributed by atoms with Gasteiger partial charge in [-0.05, 0) is 25.0 Å². The second kappa shape index (κ2) is 6.99. The van der Waals surface area contributed by atoms with Crippen molar-refractivity contribution in [3.8, 4) is 0 Å². The molecule has 22 heavy (non-hydrogen) atoms. The number of hydrogen-bond acceptors (Lipinski definition) is 5. The molecule has 0 unspecified atom stereocenters. The smallest absolute Gasteiger partial charge is 0.329 e. The molecule has 1 aliphatic rings. The highest BCUT2D eigenvalue weighted by Crippen LogP contribution is 2.16. The number of nitrogens with one attached hydrogen (secondary N) is 1. The molecule has 1 aromatic heterocycles. The van der Waals surface area contributed by atoms with E-state index in [2.05, 4.69) is 4.98 Å². The van der Waals surface area contributed by atoms with Crippen LogP contribution in [0.25, 0.3) is 0 Å². The van der Waals surface area contributed by atoms with Crippen molar-refractivity contribution in [2.45, 2.75) is 18.9 Å². The molecule has 1 saturated heterocycles. The van der Waals surface area contributed by atoms with Crippen molar-refractivity contribution in [3.05, 3.63) is 29.6 Å². The fourth-order valence-corrected chi connectivity index (χ4v) is 2.26. The summed E-state index contributed by atoms with van der Waals surface area (Å²) in [7, 11) is 0. The zero-order valence-corrected chi connectivity index (χ0v) is 12.0. The lowest BCUT2D eigenvalue weighted by atomic mass is 10.1. The van der Waals surface area contributed by atoms with Crippen molar-refractivity contribution in [2.75, 3.05) is 19.7 Å². The quantitative estimate of drug-likeness (QED) is 0.521. The number of nitrogens with zero attached hydrogens (tertiary/aromatic N) is 2. The van der Waals surface area contributed by atoms with Gasteiger partial charge >= 0.3 is 5.97 Å². The van der Waals surface area contributed by atoms with Crippen molar-refractivity contribution in [3.63, 3.8) is 0 Å². The molecular formula is C14H18N4O4. The molecule has 1 fully saturated rings. The predicted octanol–water partition coefficient (Wildman–Crippen LogP) is 0.0715. The van der Waals surface area contributed by atoms with Crippen LogP contribution < -0.4 is 5.73 Å². The third kappa shape index (κ3) is 4.01. The first-order valence-corrected chi connectivity index (χ1v) is 6.90. The Balaban J connectivity index is 1.89. The summed E-state index contributed by atoms with van der Waals surface area (Å²) in [6, 6.07) is 3.14. The molecule has 1 aromatic rings. The van der Waals surface area contributed by atoms with E-state index >= 15 is 0 Å². The lowest BCUT2D eigenvalue weighted by Crippen LogP contribution is -2.41.